The lowest BCUT2D eigenvalue weighted by Crippen LogP contribution is -2.16. The molecule has 0 heterocycles. The summed E-state index contributed by atoms with van der Waals surface area (Å²) in [5, 5.41) is 0. The van der Waals surface area contributed by atoms with Crippen molar-refractivity contribution in [3.05, 3.63) is 0 Å². The Morgan fingerprint density at radius 3 is 2.55 bits per heavy atom. The van der Waals surface area contributed by atoms with Crippen LogP contribution in [0.1, 0.15) is 33.1 Å². The van der Waals surface area contributed by atoms with Crippen LogP contribution in [0, 0.1) is 0 Å². The van der Waals surface area contributed by atoms with E-state index >= 15 is 0 Å². The summed E-state index contributed by atoms with van der Waals surface area (Å²) in [5.41, 5.74) is 0. The summed E-state index contributed by atoms with van der Waals surface area (Å²) in [6, 6.07) is 0. The topological polar surface area (TPSA) is 43.4 Å². The van der Waals surface area contributed by atoms with Gasteiger partial charge in [-0.3, -0.25) is 4.79 Å². The number of esters is 1. The summed E-state index contributed by atoms with van der Waals surface area (Å²) in [7, 11) is 0. The lowest BCUT2D eigenvalue weighted by atomic mass is 10.2. The molecule has 0 aliphatic heterocycles. The van der Waals surface area contributed by atoms with E-state index in [-0.39, 0.29) is 12.1 Å². The van der Waals surface area contributed by atoms with Gasteiger partial charge in [0.05, 0.1) is 0 Å². The van der Waals surface area contributed by atoms with E-state index in [0.717, 1.165) is 6.29 Å². The molecule has 0 aromatic heterocycles. The number of carbonyl (C=O) groups excluding carboxylic acids is 2. The van der Waals surface area contributed by atoms with E-state index in [1.165, 1.54) is 0 Å². The van der Waals surface area contributed by atoms with Crippen molar-refractivity contribution in [3.63, 3.8) is 0 Å². The van der Waals surface area contributed by atoms with Crippen molar-refractivity contribution in [2.24, 2.45) is 0 Å². The van der Waals surface area contributed by atoms with Crippen LogP contribution < -0.4 is 0 Å². The minimum atomic E-state index is -0.237. The number of ether oxygens (including phenoxy) is 1. The van der Waals surface area contributed by atoms with Crippen LogP contribution in [0.15, 0.2) is 0 Å². The lowest BCUT2D eigenvalue weighted by Gasteiger charge is -2.11. The maximum atomic E-state index is 10.7. The Kier molecular flexibility index (Phi) is 5.43. The molecule has 0 amide bonds. The van der Waals surface area contributed by atoms with Crippen molar-refractivity contribution in [3.8, 4) is 0 Å². The van der Waals surface area contributed by atoms with Crippen LogP contribution in [-0.2, 0) is 14.3 Å². The molecule has 11 heavy (non-hydrogen) atoms. The van der Waals surface area contributed by atoms with Crippen LogP contribution in [0.25, 0.3) is 0 Å². The Hall–Kier alpha value is -0.860. The standard InChI is InChI=1S/C8H14O3/c1-3-7(5-6-9)11-8(10)4-2/h6-7H,3-5H2,1-2H3. The van der Waals surface area contributed by atoms with Gasteiger partial charge < -0.3 is 9.53 Å². The summed E-state index contributed by atoms with van der Waals surface area (Å²) in [5.74, 6) is -0.237. The molecule has 1 unspecified atom stereocenters. The molecule has 0 fully saturated rings. The first-order chi connectivity index (χ1) is 5.24. The van der Waals surface area contributed by atoms with Crippen molar-refractivity contribution < 1.29 is 14.3 Å². The molecule has 0 aromatic carbocycles. The van der Waals surface area contributed by atoms with Crippen molar-refractivity contribution in [1.29, 1.82) is 0 Å². The molecule has 3 heteroatoms. The molecule has 0 aliphatic carbocycles. The highest BCUT2D eigenvalue weighted by Gasteiger charge is 2.09. The Balaban J connectivity index is 3.67. The molecule has 0 bridgehead atoms. The number of carbonyl (C=O) groups is 2. The molecule has 0 radical (unpaired) electrons. The molecule has 0 spiro atoms. The zero-order chi connectivity index (χ0) is 8.69. The summed E-state index contributed by atoms with van der Waals surface area (Å²) < 4.78 is 4.92. The number of rotatable bonds is 5. The number of hydrogen-bond donors (Lipinski definition) is 0. The summed E-state index contributed by atoms with van der Waals surface area (Å²) >= 11 is 0. The predicted octanol–water partition coefficient (Wildman–Crippen LogP) is 1.31. The Morgan fingerprint density at radius 2 is 2.18 bits per heavy atom. The largest absolute Gasteiger partial charge is 0.462 e. The monoisotopic (exact) mass is 158 g/mol. The third-order valence-corrected chi connectivity index (χ3v) is 1.40. The van der Waals surface area contributed by atoms with Gasteiger partial charge in [-0.15, -0.1) is 0 Å². The minimum Gasteiger partial charge on any atom is -0.462 e. The minimum absolute atomic E-state index is 0.222. The molecule has 0 saturated heterocycles. The molecule has 3 nitrogen and oxygen atoms in total. The van der Waals surface area contributed by atoms with Gasteiger partial charge in [0.2, 0.25) is 0 Å². The summed E-state index contributed by atoms with van der Waals surface area (Å²) in [6.07, 6.45) is 1.93. The van der Waals surface area contributed by atoms with Crippen LogP contribution in [0.4, 0.5) is 0 Å². The number of aldehydes is 1. The zero-order valence-corrected chi connectivity index (χ0v) is 7.00. The van der Waals surface area contributed by atoms with E-state index in [1.807, 2.05) is 6.92 Å². The highest BCUT2D eigenvalue weighted by atomic mass is 16.5. The van der Waals surface area contributed by atoms with Crippen LogP contribution in [-0.4, -0.2) is 18.4 Å². The van der Waals surface area contributed by atoms with E-state index in [2.05, 4.69) is 0 Å². The SMILES string of the molecule is CCC(=O)OC(CC)CC=O. The van der Waals surface area contributed by atoms with E-state index in [9.17, 15) is 9.59 Å². The fourth-order valence-corrected chi connectivity index (χ4v) is 0.675. The van der Waals surface area contributed by atoms with Crippen molar-refractivity contribution >= 4 is 12.3 Å². The fourth-order valence-electron chi connectivity index (χ4n) is 0.675. The Labute approximate surface area is 66.7 Å². The average molecular weight is 158 g/mol. The maximum Gasteiger partial charge on any atom is 0.305 e. The predicted molar refractivity (Wildman–Crippen MR) is 41.1 cm³/mol. The smallest absolute Gasteiger partial charge is 0.305 e. The van der Waals surface area contributed by atoms with E-state index < -0.39 is 0 Å². The Bertz CT molecular complexity index is 131. The van der Waals surface area contributed by atoms with Gasteiger partial charge in [0, 0.05) is 12.8 Å². The average Bonchev–Trinajstić information content (AvgIpc) is 2.03. The van der Waals surface area contributed by atoms with Crippen molar-refractivity contribution in [1.82, 2.24) is 0 Å². The molecule has 0 aliphatic rings. The van der Waals surface area contributed by atoms with Gasteiger partial charge in [-0.25, -0.2) is 0 Å². The van der Waals surface area contributed by atoms with Crippen LogP contribution in [0.5, 0.6) is 0 Å². The molecule has 0 N–H and O–H groups in total. The van der Waals surface area contributed by atoms with E-state index in [1.54, 1.807) is 6.92 Å². The van der Waals surface area contributed by atoms with Crippen molar-refractivity contribution in [2.75, 3.05) is 0 Å². The summed E-state index contributed by atoms with van der Waals surface area (Å²) in [4.78, 5) is 20.8. The van der Waals surface area contributed by atoms with Crippen LogP contribution >= 0.6 is 0 Å². The highest BCUT2D eigenvalue weighted by Crippen LogP contribution is 2.02. The first-order valence-electron chi connectivity index (χ1n) is 3.87. The molecule has 0 aromatic rings. The summed E-state index contributed by atoms with van der Waals surface area (Å²) in [6.45, 7) is 3.62. The van der Waals surface area contributed by atoms with Crippen molar-refractivity contribution in [2.45, 2.75) is 39.2 Å². The third-order valence-electron chi connectivity index (χ3n) is 1.40. The van der Waals surface area contributed by atoms with E-state index in [4.69, 9.17) is 4.74 Å². The second kappa shape index (κ2) is 5.89. The molecule has 0 rings (SSSR count). The second-order valence-electron chi connectivity index (χ2n) is 2.28. The van der Waals surface area contributed by atoms with Gasteiger partial charge in [-0.2, -0.15) is 0 Å². The normalized spacial score (nSPS) is 12.2. The lowest BCUT2D eigenvalue weighted by molar-refractivity contribution is -0.149. The highest BCUT2D eigenvalue weighted by molar-refractivity contribution is 5.69. The molecule has 0 saturated carbocycles. The first-order valence-corrected chi connectivity index (χ1v) is 3.87. The molecule has 1 atom stereocenters. The van der Waals surface area contributed by atoms with Gasteiger partial charge in [-0.1, -0.05) is 13.8 Å². The second-order valence-corrected chi connectivity index (χ2v) is 2.28. The van der Waals surface area contributed by atoms with Gasteiger partial charge in [0.1, 0.15) is 12.4 Å². The fraction of sp³-hybridized carbons (Fsp3) is 0.750. The van der Waals surface area contributed by atoms with Crippen LogP contribution in [0.3, 0.4) is 0 Å². The zero-order valence-electron chi connectivity index (χ0n) is 7.00. The molecular weight excluding hydrogens is 144 g/mol. The van der Waals surface area contributed by atoms with Crippen LogP contribution in [0.2, 0.25) is 0 Å². The van der Waals surface area contributed by atoms with Gasteiger partial charge in [0.15, 0.2) is 0 Å². The third kappa shape index (κ3) is 4.53. The van der Waals surface area contributed by atoms with E-state index in [0.29, 0.717) is 19.3 Å². The van der Waals surface area contributed by atoms with Gasteiger partial charge in [-0.05, 0) is 6.42 Å². The number of hydrogen-bond acceptors (Lipinski definition) is 3. The first kappa shape index (κ1) is 10.1. The molecular formula is C8H14O3. The van der Waals surface area contributed by atoms with Gasteiger partial charge in [0.25, 0.3) is 0 Å². The quantitative estimate of drug-likeness (QED) is 0.447. The van der Waals surface area contributed by atoms with Gasteiger partial charge >= 0.3 is 5.97 Å². The maximum absolute atomic E-state index is 10.7. The molecule has 64 valence electrons. The Morgan fingerprint density at radius 1 is 1.55 bits per heavy atom.